The molecule has 0 saturated heterocycles. The lowest BCUT2D eigenvalue weighted by molar-refractivity contribution is -0.120. The fraction of sp³-hybridized carbons (Fsp3) is 0.400. The summed E-state index contributed by atoms with van der Waals surface area (Å²) in [5.74, 6) is 0.106. The van der Waals surface area contributed by atoms with Crippen LogP contribution >= 0.6 is 0 Å². The Labute approximate surface area is 93.8 Å². The zero-order valence-electron chi connectivity index (χ0n) is 9.10. The molecule has 0 aliphatic heterocycles. The third kappa shape index (κ3) is 3.84. The van der Waals surface area contributed by atoms with Crippen LogP contribution in [-0.2, 0) is 9.53 Å². The number of anilines is 1. The lowest BCUT2D eigenvalue weighted by Crippen LogP contribution is -2.21. The average molecular weight is 225 g/mol. The van der Waals surface area contributed by atoms with Gasteiger partial charge in [0.2, 0.25) is 5.88 Å². The summed E-state index contributed by atoms with van der Waals surface area (Å²) in [4.78, 5) is 15.3. The number of nitrogens with one attached hydrogen (secondary N) is 1. The summed E-state index contributed by atoms with van der Waals surface area (Å²) in [6.45, 7) is 0.719. The Bertz CT molecular complexity index is 344. The topological polar surface area (TPSA) is 86.5 Å². The minimum absolute atomic E-state index is 0.0325. The van der Waals surface area contributed by atoms with Gasteiger partial charge in [0.1, 0.15) is 12.3 Å². The number of nitrogens with two attached hydrogens (primary N) is 1. The number of nitrogens with zero attached hydrogens (tertiary/aromatic N) is 1. The molecule has 0 unspecified atom stereocenters. The smallest absolute Gasteiger partial charge is 0.250 e. The normalized spacial score (nSPS) is 9.88. The second-order valence-electron chi connectivity index (χ2n) is 2.95. The minimum Gasteiger partial charge on any atom is -0.480 e. The zero-order valence-corrected chi connectivity index (χ0v) is 9.10. The molecule has 0 aliphatic rings. The van der Waals surface area contributed by atoms with Crippen LogP contribution in [0.15, 0.2) is 18.3 Å². The summed E-state index contributed by atoms with van der Waals surface area (Å²) in [5.41, 5.74) is 5.75. The molecule has 16 heavy (non-hydrogen) atoms. The van der Waals surface area contributed by atoms with Crippen LogP contribution in [0.1, 0.15) is 0 Å². The van der Waals surface area contributed by atoms with E-state index in [4.69, 9.17) is 15.2 Å². The lowest BCUT2D eigenvalue weighted by Gasteiger charge is -2.08. The van der Waals surface area contributed by atoms with Crippen molar-refractivity contribution in [3.8, 4) is 5.88 Å². The van der Waals surface area contributed by atoms with E-state index in [1.54, 1.807) is 18.3 Å². The van der Waals surface area contributed by atoms with Gasteiger partial charge in [-0.2, -0.15) is 0 Å². The van der Waals surface area contributed by atoms with E-state index >= 15 is 0 Å². The van der Waals surface area contributed by atoms with Crippen molar-refractivity contribution in [3.63, 3.8) is 0 Å². The number of hydrogen-bond acceptors (Lipinski definition) is 5. The predicted molar refractivity (Wildman–Crippen MR) is 59.3 cm³/mol. The molecule has 6 nitrogen and oxygen atoms in total. The van der Waals surface area contributed by atoms with Gasteiger partial charge in [-0.3, -0.25) is 4.79 Å². The molecular formula is C10H15N3O3. The maximum atomic E-state index is 11.4. The van der Waals surface area contributed by atoms with Gasteiger partial charge in [-0.05, 0) is 12.1 Å². The number of carbonyl (C=O) groups excluding carboxylic acids is 1. The number of aromatic nitrogens is 1. The first-order valence-corrected chi connectivity index (χ1v) is 4.84. The van der Waals surface area contributed by atoms with Gasteiger partial charge in [0.25, 0.3) is 5.91 Å². The third-order valence-corrected chi connectivity index (χ3v) is 1.73. The minimum atomic E-state index is -0.264. The Morgan fingerprint density at radius 3 is 3.12 bits per heavy atom. The number of pyridine rings is 1. The Morgan fingerprint density at radius 1 is 1.62 bits per heavy atom. The van der Waals surface area contributed by atoms with Crippen molar-refractivity contribution in [3.05, 3.63) is 18.3 Å². The number of amides is 1. The highest BCUT2D eigenvalue weighted by atomic mass is 16.5. The molecule has 0 aromatic carbocycles. The third-order valence-electron chi connectivity index (χ3n) is 1.73. The Balaban J connectivity index is 2.49. The molecule has 0 fully saturated rings. The van der Waals surface area contributed by atoms with Crippen LogP contribution in [0.5, 0.6) is 5.88 Å². The van der Waals surface area contributed by atoms with E-state index < -0.39 is 0 Å². The Morgan fingerprint density at radius 2 is 2.44 bits per heavy atom. The van der Waals surface area contributed by atoms with Crippen molar-refractivity contribution in [2.24, 2.45) is 5.73 Å². The maximum absolute atomic E-state index is 11.4. The molecular weight excluding hydrogens is 210 g/mol. The summed E-state index contributed by atoms with van der Waals surface area (Å²) in [5, 5.41) is 2.63. The number of ether oxygens (including phenoxy) is 2. The number of rotatable bonds is 6. The standard InChI is InChI=1S/C10H15N3O3/c1-15-10-8(3-2-5-12-10)13-9(14)7-16-6-4-11/h2-3,5H,4,6-7,11H2,1H3,(H,13,14). The van der Waals surface area contributed by atoms with Crippen LogP contribution in [-0.4, -0.2) is 37.8 Å². The molecule has 1 amide bonds. The largest absolute Gasteiger partial charge is 0.480 e. The highest BCUT2D eigenvalue weighted by Crippen LogP contribution is 2.19. The van der Waals surface area contributed by atoms with Crippen LogP contribution in [0.4, 0.5) is 5.69 Å². The lowest BCUT2D eigenvalue weighted by atomic mass is 10.4. The summed E-state index contributed by atoms with van der Waals surface area (Å²) in [6.07, 6.45) is 1.58. The fourth-order valence-corrected chi connectivity index (χ4v) is 1.08. The van der Waals surface area contributed by atoms with Crippen LogP contribution in [0.3, 0.4) is 0 Å². The number of methoxy groups -OCH3 is 1. The molecule has 3 N–H and O–H groups in total. The molecule has 1 aromatic heterocycles. The first-order chi connectivity index (χ1) is 7.77. The molecule has 0 radical (unpaired) electrons. The first-order valence-electron chi connectivity index (χ1n) is 4.84. The van der Waals surface area contributed by atoms with E-state index in [1.165, 1.54) is 7.11 Å². The summed E-state index contributed by atoms with van der Waals surface area (Å²) in [6, 6.07) is 3.41. The molecule has 6 heteroatoms. The van der Waals surface area contributed by atoms with Gasteiger partial charge in [-0.25, -0.2) is 4.98 Å². The van der Waals surface area contributed by atoms with E-state index in [2.05, 4.69) is 10.3 Å². The monoisotopic (exact) mass is 225 g/mol. The molecule has 88 valence electrons. The fourth-order valence-electron chi connectivity index (χ4n) is 1.08. The van der Waals surface area contributed by atoms with E-state index in [9.17, 15) is 4.79 Å². The van der Waals surface area contributed by atoms with Crippen LogP contribution in [0, 0.1) is 0 Å². The van der Waals surface area contributed by atoms with Crippen LogP contribution < -0.4 is 15.8 Å². The van der Waals surface area contributed by atoms with Crippen molar-refractivity contribution in [2.45, 2.75) is 0 Å². The molecule has 1 aromatic rings. The molecule has 0 atom stereocenters. The van der Waals surface area contributed by atoms with Gasteiger partial charge < -0.3 is 20.5 Å². The molecule has 0 aliphatic carbocycles. The average Bonchev–Trinajstić information content (AvgIpc) is 2.30. The van der Waals surface area contributed by atoms with Gasteiger partial charge in [-0.15, -0.1) is 0 Å². The molecule has 0 bridgehead atoms. The van der Waals surface area contributed by atoms with Crippen LogP contribution in [0.2, 0.25) is 0 Å². The SMILES string of the molecule is COc1ncccc1NC(=O)COCCN. The highest BCUT2D eigenvalue weighted by Gasteiger charge is 2.07. The Kier molecular flexibility index (Phi) is 5.24. The van der Waals surface area contributed by atoms with E-state index in [1.807, 2.05) is 0 Å². The zero-order chi connectivity index (χ0) is 11.8. The molecule has 1 rings (SSSR count). The van der Waals surface area contributed by atoms with Crippen LogP contribution in [0.25, 0.3) is 0 Å². The number of hydrogen-bond donors (Lipinski definition) is 2. The van der Waals surface area contributed by atoms with Gasteiger partial charge in [0.05, 0.1) is 13.7 Å². The quantitative estimate of drug-likeness (QED) is 0.666. The maximum Gasteiger partial charge on any atom is 0.250 e. The van der Waals surface area contributed by atoms with Gasteiger partial charge in [0, 0.05) is 12.7 Å². The van der Waals surface area contributed by atoms with E-state index in [0.717, 1.165) is 0 Å². The van der Waals surface area contributed by atoms with Gasteiger partial charge >= 0.3 is 0 Å². The summed E-state index contributed by atoms with van der Waals surface area (Å²) in [7, 11) is 1.49. The second-order valence-corrected chi connectivity index (χ2v) is 2.95. The van der Waals surface area contributed by atoms with E-state index in [-0.39, 0.29) is 12.5 Å². The van der Waals surface area contributed by atoms with Gasteiger partial charge in [-0.1, -0.05) is 0 Å². The molecule has 1 heterocycles. The van der Waals surface area contributed by atoms with Crippen molar-refractivity contribution >= 4 is 11.6 Å². The van der Waals surface area contributed by atoms with Crippen molar-refractivity contribution in [1.29, 1.82) is 0 Å². The second kappa shape index (κ2) is 6.76. The van der Waals surface area contributed by atoms with Crippen molar-refractivity contribution in [2.75, 3.05) is 32.2 Å². The summed E-state index contributed by atoms with van der Waals surface area (Å²) < 4.78 is 9.98. The predicted octanol–water partition coefficient (Wildman–Crippen LogP) is 0.00400. The first kappa shape index (κ1) is 12.4. The Hall–Kier alpha value is -1.66. The number of carbonyl (C=O) groups is 1. The highest BCUT2D eigenvalue weighted by molar-refractivity contribution is 5.92. The molecule has 0 saturated carbocycles. The summed E-state index contributed by atoms with van der Waals surface area (Å²) >= 11 is 0. The van der Waals surface area contributed by atoms with E-state index in [0.29, 0.717) is 24.7 Å². The molecule has 0 spiro atoms. The van der Waals surface area contributed by atoms with Gasteiger partial charge in [0.15, 0.2) is 0 Å². The van der Waals surface area contributed by atoms with Crippen molar-refractivity contribution in [1.82, 2.24) is 4.98 Å². The van der Waals surface area contributed by atoms with Crippen molar-refractivity contribution < 1.29 is 14.3 Å².